The average molecular weight is 189 g/mol. The molecule has 0 bridgehead atoms. The van der Waals surface area contributed by atoms with Gasteiger partial charge in [0.05, 0.1) is 12.2 Å². The summed E-state index contributed by atoms with van der Waals surface area (Å²) in [6.45, 7) is 4.29. The topological polar surface area (TPSA) is 21.3 Å². The Labute approximate surface area is 79.4 Å². The lowest BCUT2D eigenvalue weighted by molar-refractivity contribution is 0.0564. The van der Waals surface area contributed by atoms with Crippen molar-refractivity contribution in [2.45, 2.75) is 32.0 Å². The van der Waals surface area contributed by atoms with E-state index in [4.69, 9.17) is 4.74 Å². The molecule has 2 nitrogen and oxygen atoms in total. The molecule has 3 heteroatoms. The van der Waals surface area contributed by atoms with Crippen LogP contribution in [-0.2, 0) is 4.74 Å². The van der Waals surface area contributed by atoms with Crippen LogP contribution in [-0.4, -0.2) is 37.3 Å². The Morgan fingerprint density at radius 1 is 1.50 bits per heavy atom. The number of thioether (sulfide) groups is 1. The maximum Gasteiger partial charge on any atom is 0.0704 e. The van der Waals surface area contributed by atoms with Crippen LogP contribution in [0.25, 0.3) is 0 Å². The molecule has 0 amide bonds. The highest BCUT2D eigenvalue weighted by Crippen LogP contribution is 2.17. The molecule has 1 aliphatic heterocycles. The first-order valence-corrected chi connectivity index (χ1v) is 6.07. The van der Waals surface area contributed by atoms with Crippen LogP contribution in [0.2, 0.25) is 0 Å². The van der Waals surface area contributed by atoms with E-state index < -0.39 is 0 Å². The van der Waals surface area contributed by atoms with Crippen LogP contribution in [0.4, 0.5) is 0 Å². The molecule has 1 aliphatic rings. The van der Waals surface area contributed by atoms with Crippen molar-refractivity contribution >= 4 is 11.8 Å². The summed E-state index contributed by atoms with van der Waals surface area (Å²) in [5, 5.41) is 3.40. The molecule has 0 saturated carbocycles. The molecule has 0 aromatic rings. The van der Waals surface area contributed by atoms with Gasteiger partial charge in [0.25, 0.3) is 0 Å². The van der Waals surface area contributed by atoms with Crippen molar-refractivity contribution in [1.29, 1.82) is 0 Å². The van der Waals surface area contributed by atoms with Gasteiger partial charge in [-0.05, 0) is 26.0 Å². The molecular weight excluding hydrogens is 170 g/mol. The molecular formula is C9H19NOS. The smallest absolute Gasteiger partial charge is 0.0704 e. The summed E-state index contributed by atoms with van der Waals surface area (Å²) < 4.78 is 5.67. The summed E-state index contributed by atoms with van der Waals surface area (Å²) in [6, 6.07) is 0. The van der Waals surface area contributed by atoms with E-state index in [1.165, 1.54) is 18.6 Å². The highest BCUT2D eigenvalue weighted by atomic mass is 32.2. The fourth-order valence-corrected chi connectivity index (χ4v) is 1.82. The first-order valence-electron chi connectivity index (χ1n) is 4.68. The molecule has 0 radical (unpaired) electrons. The summed E-state index contributed by atoms with van der Waals surface area (Å²) in [5.41, 5.74) is 0. The molecule has 1 N–H and O–H groups in total. The van der Waals surface area contributed by atoms with Crippen LogP contribution in [0.3, 0.4) is 0 Å². The Hall–Kier alpha value is 0.270. The second-order valence-electron chi connectivity index (χ2n) is 3.34. The predicted octanol–water partition coefficient (Wildman–Crippen LogP) is 1.51. The van der Waals surface area contributed by atoms with E-state index in [9.17, 15) is 0 Å². The molecule has 1 heterocycles. The van der Waals surface area contributed by atoms with E-state index in [-0.39, 0.29) is 0 Å². The Balaban J connectivity index is 1.93. The zero-order valence-corrected chi connectivity index (χ0v) is 8.82. The van der Waals surface area contributed by atoms with E-state index in [1.54, 1.807) is 0 Å². The SMILES string of the molecule is CSCCNCC1CCC(C)O1. The van der Waals surface area contributed by atoms with Gasteiger partial charge in [-0.3, -0.25) is 0 Å². The summed E-state index contributed by atoms with van der Waals surface area (Å²) in [4.78, 5) is 0. The van der Waals surface area contributed by atoms with Gasteiger partial charge in [-0.25, -0.2) is 0 Å². The lowest BCUT2D eigenvalue weighted by Gasteiger charge is -2.11. The van der Waals surface area contributed by atoms with Crippen molar-refractivity contribution in [3.05, 3.63) is 0 Å². The maximum atomic E-state index is 5.67. The first-order chi connectivity index (χ1) is 5.83. The largest absolute Gasteiger partial charge is 0.374 e. The maximum absolute atomic E-state index is 5.67. The van der Waals surface area contributed by atoms with E-state index >= 15 is 0 Å². The third kappa shape index (κ3) is 3.78. The number of hydrogen-bond donors (Lipinski definition) is 1. The van der Waals surface area contributed by atoms with Crippen LogP contribution in [0.15, 0.2) is 0 Å². The van der Waals surface area contributed by atoms with Gasteiger partial charge < -0.3 is 10.1 Å². The van der Waals surface area contributed by atoms with Gasteiger partial charge in [-0.2, -0.15) is 11.8 Å². The van der Waals surface area contributed by atoms with Gasteiger partial charge in [0.1, 0.15) is 0 Å². The van der Waals surface area contributed by atoms with E-state index in [1.807, 2.05) is 11.8 Å². The molecule has 1 saturated heterocycles. The Kier molecular flexibility index (Phi) is 5.04. The van der Waals surface area contributed by atoms with Crippen molar-refractivity contribution in [3.63, 3.8) is 0 Å². The quantitative estimate of drug-likeness (QED) is 0.662. The van der Waals surface area contributed by atoms with E-state index in [0.717, 1.165) is 13.1 Å². The minimum absolute atomic E-state index is 0.474. The van der Waals surface area contributed by atoms with Crippen LogP contribution < -0.4 is 5.32 Å². The lowest BCUT2D eigenvalue weighted by Crippen LogP contribution is -2.28. The van der Waals surface area contributed by atoms with Crippen LogP contribution in [0.5, 0.6) is 0 Å². The number of rotatable bonds is 5. The monoisotopic (exact) mass is 189 g/mol. The predicted molar refractivity (Wildman–Crippen MR) is 54.8 cm³/mol. The number of hydrogen-bond acceptors (Lipinski definition) is 3. The molecule has 2 unspecified atom stereocenters. The van der Waals surface area contributed by atoms with Gasteiger partial charge in [-0.1, -0.05) is 0 Å². The molecule has 0 aromatic heterocycles. The zero-order chi connectivity index (χ0) is 8.81. The molecule has 0 aliphatic carbocycles. The Bertz CT molecular complexity index is 121. The number of nitrogens with one attached hydrogen (secondary N) is 1. The van der Waals surface area contributed by atoms with Crippen molar-refractivity contribution in [2.75, 3.05) is 25.1 Å². The first kappa shape index (κ1) is 10.4. The van der Waals surface area contributed by atoms with Gasteiger partial charge in [0.2, 0.25) is 0 Å². The molecule has 1 rings (SSSR count). The van der Waals surface area contributed by atoms with Crippen molar-refractivity contribution in [2.24, 2.45) is 0 Å². The van der Waals surface area contributed by atoms with Crippen molar-refractivity contribution in [1.82, 2.24) is 5.32 Å². The van der Waals surface area contributed by atoms with Crippen molar-refractivity contribution in [3.8, 4) is 0 Å². The summed E-state index contributed by atoms with van der Waals surface area (Å²) in [6.07, 6.45) is 5.55. The van der Waals surface area contributed by atoms with E-state index in [2.05, 4.69) is 18.5 Å². The zero-order valence-electron chi connectivity index (χ0n) is 8.01. The summed E-state index contributed by atoms with van der Waals surface area (Å²) in [5.74, 6) is 1.20. The normalized spacial score (nSPS) is 29.5. The minimum atomic E-state index is 0.474. The standard InChI is InChI=1S/C9H19NOS/c1-8-3-4-9(11-8)7-10-5-6-12-2/h8-10H,3-7H2,1-2H3. The highest BCUT2D eigenvalue weighted by molar-refractivity contribution is 7.98. The Morgan fingerprint density at radius 3 is 2.92 bits per heavy atom. The molecule has 72 valence electrons. The van der Waals surface area contributed by atoms with Crippen LogP contribution in [0, 0.1) is 0 Å². The molecule has 2 atom stereocenters. The van der Waals surface area contributed by atoms with Crippen LogP contribution >= 0.6 is 11.8 Å². The fourth-order valence-electron chi connectivity index (χ4n) is 1.47. The summed E-state index contributed by atoms with van der Waals surface area (Å²) >= 11 is 1.88. The Morgan fingerprint density at radius 2 is 2.33 bits per heavy atom. The molecule has 1 fully saturated rings. The average Bonchev–Trinajstić information content (AvgIpc) is 2.45. The number of ether oxygens (including phenoxy) is 1. The van der Waals surface area contributed by atoms with Gasteiger partial charge in [0.15, 0.2) is 0 Å². The third-order valence-electron chi connectivity index (χ3n) is 2.17. The second kappa shape index (κ2) is 5.84. The fraction of sp³-hybridized carbons (Fsp3) is 1.00. The van der Waals surface area contributed by atoms with Crippen molar-refractivity contribution < 1.29 is 4.74 Å². The molecule has 0 spiro atoms. The highest BCUT2D eigenvalue weighted by Gasteiger charge is 2.20. The molecule has 0 aromatic carbocycles. The lowest BCUT2D eigenvalue weighted by atomic mass is 10.2. The van der Waals surface area contributed by atoms with E-state index in [0.29, 0.717) is 12.2 Å². The third-order valence-corrected chi connectivity index (χ3v) is 2.79. The summed E-state index contributed by atoms with van der Waals surface area (Å²) in [7, 11) is 0. The van der Waals surface area contributed by atoms with Gasteiger partial charge >= 0.3 is 0 Å². The van der Waals surface area contributed by atoms with Crippen LogP contribution in [0.1, 0.15) is 19.8 Å². The van der Waals surface area contributed by atoms with Gasteiger partial charge in [-0.15, -0.1) is 0 Å². The minimum Gasteiger partial charge on any atom is -0.374 e. The van der Waals surface area contributed by atoms with Gasteiger partial charge in [0, 0.05) is 18.8 Å². The second-order valence-corrected chi connectivity index (χ2v) is 4.33. The molecule has 12 heavy (non-hydrogen) atoms.